The smallest absolute Gasteiger partial charge is 0.223 e. The van der Waals surface area contributed by atoms with Gasteiger partial charge in [-0.05, 0) is 24.6 Å². The van der Waals surface area contributed by atoms with Crippen LogP contribution in [0, 0.1) is 6.92 Å². The van der Waals surface area contributed by atoms with Crippen molar-refractivity contribution in [3.05, 3.63) is 35.7 Å². The highest BCUT2D eigenvalue weighted by Crippen LogP contribution is 2.17. The minimum absolute atomic E-state index is 0.578. The maximum atomic E-state index is 5.50. The van der Waals surface area contributed by atoms with Gasteiger partial charge < -0.3 is 10.3 Å². The number of aromatic nitrogens is 2. The Labute approximate surface area is 88.1 Å². The molecule has 4 heteroatoms. The molecule has 0 atom stereocenters. The van der Waals surface area contributed by atoms with Crippen molar-refractivity contribution in [1.82, 2.24) is 10.1 Å². The van der Waals surface area contributed by atoms with Gasteiger partial charge in [0.15, 0.2) is 0 Å². The fourth-order valence-electron chi connectivity index (χ4n) is 1.45. The lowest BCUT2D eigenvalue weighted by atomic mass is 10.1. The van der Waals surface area contributed by atoms with E-state index < -0.39 is 0 Å². The summed E-state index contributed by atoms with van der Waals surface area (Å²) < 4.78 is 4.93. The Morgan fingerprint density at radius 1 is 1.40 bits per heavy atom. The van der Waals surface area contributed by atoms with Crippen LogP contribution in [0.3, 0.4) is 0 Å². The molecule has 4 nitrogen and oxygen atoms in total. The molecule has 2 N–H and O–H groups in total. The Morgan fingerprint density at radius 3 is 2.93 bits per heavy atom. The van der Waals surface area contributed by atoms with E-state index in [2.05, 4.69) is 10.1 Å². The quantitative estimate of drug-likeness (QED) is 0.821. The van der Waals surface area contributed by atoms with E-state index in [1.807, 2.05) is 24.3 Å². The predicted octanol–water partition coefficient (Wildman–Crippen LogP) is 1.55. The Morgan fingerprint density at radius 2 is 2.27 bits per heavy atom. The zero-order valence-electron chi connectivity index (χ0n) is 8.60. The lowest BCUT2D eigenvalue weighted by Crippen LogP contribution is -2.02. The second-order valence-corrected chi connectivity index (χ2v) is 3.38. The summed E-state index contributed by atoms with van der Waals surface area (Å²) in [6, 6.07) is 8.02. The van der Waals surface area contributed by atoms with Crippen molar-refractivity contribution < 1.29 is 4.52 Å². The molecule has 15 heavy (non-hydrogen) atoms. The molecular weight excluding hydrogens is 190 g/mol. The van der Waals surface area contributed by atoms with Crippen molar-refractivity contribution in [2.24, 2.45) is 5.73 Å². The summed E-state index contributed by atoms with van der Waals surface area (Å²) in [6.07, 6.45) is 0.866. The van der Waals surface area contributed by atoms with Crippen LogP contribution in [-0.4, -0.2) is 16.7 Å². The van der Waals surface area contributed by atoms with Gasteiger partial charge in [0.05, 0.1) is 0 Å². The van der Waals surface area contributed by atoms with Crippen LogP contribution in [0.15, 0.2) is 28.8 Å². The van der Waals surface area contributed by atoms with Gasteiger partial charge in [0.25, 0.3) is 0 Å². The third kappa shape index (κ3) is 2.22. The highest BCUT2D eigenvalue weighted by atomic mass is 16.5. The summed E-state index contributed by atoms with van der Waals surface area (Å²) in [7, 11) is 0. The fourth-order valence-corrected chi connectivity index (χ4v) is 1.45. The lowest BCUT2D eigenvalue weighted by Gasteiger charge is -1.99. The van der Waals surface area contributed by atoms with Gasteiger partial charge in [0.1, 0.15) is 0 Å². The van der Waals surface area contributed by atoms with E-state index in [0.29, 0.717) is 18.3 Å². The van der Waals surface area contributed by atoms with Crippen molar-refractivity contribution in [3.8, 4) is 11.4 Å². The summed E-state index contributed by atoms with van der Waals surface area (Å²) in [5.74, 6) is 1.21. The number of hydrogen-bond acceptors (Lipinski definition) is 4. The predicted molar refractivity (Wildman–Crippen MR) is 57.2 cm³/mol. The molecule has 0 aliphatic rings. The molecule has 78 valence electrons. The van der Waals surface area contributed by atoms with Crippen LogP contribution in [0.2, 0.25) is 0 Å². The molecule has 0 radical (unpaired) electrons. The molecule has 2 rings (SSSR count). The molecule has 0 aliphatic heterocycles. The van der Waals surface area contributed by atoms with Gasteiger partial charge >= 0.3 is 0 Å². The first kappa shape index (κ1) is 9.86. The molecule has 0 aliphatic carbocycles. The van der Waals surface area contributed by atoms with Crippen LogP contribution in [0.1, 0.15) is 11.5 Å². The van der Waals surface area contributed by atoms with Gasteiger partial charge in [-0.3, -0.25) is 0 Å². The second-order valence-electron chi connectivity index (χ2n) is 3.38. The SMILES string of the molecule is Cc1nc(-c2cccc(CCN)c2)no1. The first-order valence-corrected chi connectivity index (χ1v) is 4.89. The molecule has 1 heterocycles. The van der Waals surface area contributed by atoms with E-state index >= 15 is 0 Å². The molecular formula is C11H13N3O. The van der Waals surface area contributed by atoms with Crippen LogP contribution < -0.4 is 5.73 Å². The third-order valence-corrected chi connectivity index (χ3v) is 2.15. The number of rotatable bonds is 3. The van der Waals surface area contributed by atoms with Gasteiger partial charge in [0.2, 0.25) is 11.7 Å². The first-order valence-electron chi connectivity index (χ1n) is 4.89. The standard InChI is InChI=1S/C11H13N3O/c1-8-13-11(14-15-8)10-4-2-3-9(7-10)5-6-12/h2-4,7H,5-6,12H2,1H3. The Hall–Kier alpha value is -1.68. The van der Waals surface area contributed by atoms with Gasteiger partial charge in [-0.15, -0.1) is 0 Å². The van der Waals surface area contributed by atoms with Crippen LogP contribution in [0.5, 0.6) is 0 Å². The summed E-state index contributed by atoms with van der Waals surface area (Å²) in [5, 5.41) is 3.87. The van der Waals surface area contributed by atoms with E-state index in [-0.39, 0.29) is 0 Å². The Bertz CT molecular complexity index is 451. The minimum Gasteiger partial charge on any atom is -0.339 e. The number of benzene rings is 1. The average molecular weight is 203 g/mol. The van der Waals surface area contributed by atoms with E-state index in [9.17, 15) is 0 Å². The van der Waals surface area contributed by atoms with Gasteiger partial charge in [0, 0.05) is 12.5 Å². The Balaban J connectivity index is 2.32. The normalized spacial score (nSPS) is 10.5. The maximum absolute atomic E-state index is 5.50. The topological polar surface area (TPSA) is 64.9 Å². The highest BCUT2D eigenvalue weighted by molar-refractivity contribution is 5.55. The molecule has 0 saturated carbocycles. The number of nitrogens with two attached hydrogens (primary N) is 1. The van der Waals surface area contributed by atoms with Crippen molar-refractivity contribution in [3.63, 3.8) is 0 Å². The van der Waals surface area contributed by atoms with Crippen molar-refractivity contribution in [1.29, 1.82) is 0 Å². The first-order chi connectivity index (χ1) is 7.29. The minimum atomic E-state index is 0.578. The zero-order valence-corrected chi connectivity index (χ0v) is 8.60. The Kier molecular flexibility index (Phi) is 2.78. The van der Waals surface area contributed by atoms with Crippen molar-refractivity contribution >= 4 is 0 Å². The van der Waals surface area contributed by atoms with Crippen LogP contribution in [0.25, 0.3) is 11.4 Å². The number of nitrogens with zero attached hydrogens (tertiary/aromatic N) is 2. The lowest BCUT2D eigenvalue weighted by molar-refractivity contribution is 0.394. The van der Waals surface area contributed by atoms with Crippen molar-refractivity contribution in [2.75, 3.05) is 6.54 Å². The summed E-state index contributed by atoms with van der Waals surface area (Å²) in [6.45, 7) is 2.43. The summed E-state index contributed by atoms with van der Waals surface area (Å²) in [4.78, 5) is 4.17. The van der Waals surface area contributed by atoms with E-state index in [1.165, 1.54) is 5.56 Å². The van der Waals surface area contributed by atoms with Crippen LogP contribution in [-0.2, 0) is 6.42 Å². The molecule has 0 spiro atoms. The highest BCUT2D eigenvalue weighted by Gasteiger charge is 2.05. The molecule has 0 bridgehead atoms. The van der Waals surface area contributed by atoms with Gasteiger partial charge in [-0.1, -0.05) is 23.4 Å². The number of aryl methyl sites for hydroxylation is 1. The molecule has 1 aromatic heterocycles. The second kappa shape index (κ2) is 4.23. The summed E-state index contributed by atoms with van der Waals surface area (Å²) in [5.41, 5.74) is 7.67. The van der Waals surface area contributed by atoms with Crippen LogP contribution >= 0.6 is 0 Å². The van der Waals surface area contributed by atoms with Gasteiger partial charge in [-0.25, -0.2) is 0 Å². The molecule has 0 amide bonds. The fraction of sp³-hybridized carbons (Fsp3) is 0.273. The average Bonchev–Trinajstić information content (AvgIpc) is 2.66. The molecule has 2 aromatic rings. The van der Waals surface area contributed by atoms with E-state index in [0.717, 1.165) is 12.0 Å². The molecule has 1 aromatic carbocycles. The molecule has 0 saturated heterocycles. The van der Waals surface area contributed by atoms with Crippen molar-refractivity contribution in [2.45, 2.75) is 13.3 Å². The third-order valence-electron chi connectivity index (χ3n) is 2.15. The summed E-state index contributed by atoms with van der Waals surface area (Å²) >= 11 is 0. The van der Waals surface area contributed by atoms with E-state index in [4.69, 9.17) is 10.3 Å². The zero-order chi connectivity index (χ0) is 10.7. The van der Waals surface area contributed by atoms with Crippen LogP contribution in [0.4, 0.5) is 0 Å². The monoisotopic (exact) mass is 203 g/mol. The maximum Gasteiger partial charge on any atom is 0.223 e. The molecule has 0 unspecified atom stereocenters. The molecule has 0 fully saturated rings. The van der Waals surface area contributed by atoms with Gasteiger partial charge in [-0.2, -0.15) is 4.98 Å². The largest absolute Gasteiger partial charge is 0.339 e. The van der Waals surface area contributed by atoms with E-state index in [1.54, 1.807) is 6.92 Å². The number of hydrogen-bond donors (Lipinski definition) is 1.